The van der Waals surface area contributed by atoms with Gasteiger partial charge in [0.25, 0.3) is 0 Å². The van der Waals surface area contributed by atoms with Gasteiger partial charge in [0.1, 0.15) is 6.07 Å². The molecule has 3 nitrogen and oxygen atoms in total. The predicted octanol–water partition coefficient (Wildman–Crippen LogP) is 1.53. The van der Waals surface area contributed by atoms with Gasteiger partial charge in [-0.1, -0.05) is 0 Å². The van der Waals surface area contributed by atoms with Gasteiger partial charge in [0.15, 0.2) is 0 Å². The Morgan fingerprint density at radius 3 is 2.83 bits per heavy atom. The molecule has 1 fully saturated rings. The maximum atomic E-state index is 8.61. The number of hydrogen-bond acceptors (Lipinski definition) is 3. The standard InChI is InChI=1S/C9H9N3/c1-6-4-8(7-2-3-7)12-9(5-10)11-6/h4,7H,2-3H2,1H3. The lowest BCUT2D eigenvalue weighted by Gasteiger charge is -1.98. The van der Waals surface area contributed by atoms with Gasteiger partial charge in [-0.05, 0) is 25.8 Å². The van der Waals surface area contributed by atoms with Gasteiger partial charge in [-0.15, -0.1) is 0 Å². The number of hydrogen-bond donors (Lipinski definition) is 0. The number of nitriles is 1. The second-order valence-corrected chi connectivity index (χ2v) is 3.14. The largest absolute Gasteiger partial charge is 0.232 e. The first-order chi connectivity index (χ1) is 5.79. The average molecular weight is 159 g/mol. The van der Waals surface area contributed by atoms with Crippen LogP contribution in [-0.4, -0.2) is 9.97 Å². The molecule has 1 aliphatic carbocycles. The van der Waals surface area contributed by atoms with Crippen molar-refractivity contribution in [3.8, 4) is 6.07 Å². The molecule has 0 amide bonds. The van der Waals surface area contributed by atoms with Gasteiger partial charge in [0.05, 0.1) is 0 Å². The van der Waals surface area contributed by atoms with Crippen molar-refractivity contribution in [1.29, 1.82) is 5.26 Å². The molecule has 1 saturated carbocycles. The minimum absolute atomic E-state index is 0.303. The Morgan fingerprint density at radius 1 is 1.50 bits per heavy atom. The Hall–Kier alpha value is -1.43. The fourth-order valence-electron chi connectivity index (χ4n) is 1.23. The molecule has 1 aromatic rings. The first-order valence-corrected chi connectivity index (χ1v) is 4.05. The normalized spacial score (nSPS) is 15.7. The Bertz CT molecular complexity index is 347. The summed E-state index contributed by atoms with van der Waals surface area (Å²) in [5.41, 5.74) is 1.93. The van der Waals surface area contributed by atoms with Crippen molar-refractivity contribution in [2.24, 2.45) is 0 Å². The molecule has 1 aliphatic rings. The van der Waals surface area contributed by atoms with Gasteiger partial charge in [-0.2, -0.15) is 5.26 Å². The van der Waals surface area contributed by atoms with E-state index in [-0.39, 0.29) is 0 Å². The molecule has 1 heterocycles. The summed E-state index contributed by atoms with van der Waals surface area (Å²) in [5.74, 6) is 0.899. The molecule has 0 aromatic carbocycles. The van der Waals surface area contributed by atoms with E-state index in [0.29, 0.717) is 11.7 Å². The molecular formula is C9H9N3. The first kappa shape index (κ1) is 7.23. The summed E-state index contributed by atoms with van der Waals surface area (Å²) < 4.78 is 0. The van der Waals surface area contributed by atoms with Crippen molar-refractivity contribution in [2.45, 2.75) is 25.7 Å². The lowest BCUT2D eigenvalue weighted by Crippen LogP contribution is -1.96. The second kappa shape index (κ2) is 2.56. The molecule has 2 rings (SSSR count). The molecule has 0 atom stereocenters. The molecule has 0 saturated heterocycles. The van der Waals surface area contributed by atoms with Crippen molar-refractivity contribution in [2.75, 3.05) is 0 Å². The zero-order valence-electron chi connectivity index (χ0n) is 6.91. The molecule has 60 valence electrons. The van der Waals surface area contributed by atoms with Gasteiger partial charge in [-0.25, -0.2) is 9.97 Å². The summed E-state index contributed by atoms with van der Waals surface area (Å²) >= 11 is 0. The highest BCUT2D eigenvalue weighted by Gasteiger charge is 2.25. The quantitative estimate of drug-likeness (QED) is 0.624. The number of aromatic nitrogens is 2. The van der Waals surface area contributed by atoms with Crippen LogP contribution in [0.5, 0.6) is 0 Å². The van der Waals surface area contributed by atoms with Crippen LogP contribution in [0.1, 0.15) is 36.0 Å². The van der Waals surface area contributed by atoms with Crippen LogP contribution in [0.15, 0.2) is 6.07 Å². The fourth-order valence-corrected chi connectivity index (χ4v) is 1.23. The number of nitrogens with zero attached hydrogens (tertiary/aromatic N) is 3. The molecule has 3 heteroatoms. The smallest absolute Gasteiger partial charge is 0.224 e. The monoisotopic (exact) mass is 159 g/mol. The van der Waals surface area contributed by atoms with Crippen LogP contribution in [-0.2, 0) is 0 Å². The van der Waals surface area contributed by atoms with Crippen LogP contribution in [0.3, 0.4) is 0 Å². The Kier molecular flexibility index (Phi) is 1.54. The molecule has 0 spiro atoms. The van der Waals surface area contributed by atoms with E-state index >= 15 is 0 Å². The zero-order chi connectivity index (χ0) is 8.55. The molecule has 0 unspecified atom stereocenters. The first-order valence-electron chi connectivity index (χ1n) is 4.05. The van der Waals surface area contributed by atoms with Crippen molar-refractivity contribution < 1.29 is 0 Å². The van der Waals surface area contributed by atoms with Crippen molar-refractivity contribution in [1.82, 2.24) is 9.97 Å². The van der Waals surface area contributed by atoms with Gasteiger partial charge < -0.3 is 0 Å². The second-order valence-electron chi connectivity index (χ2n) is 3.14. The van der Waals surface area contributed by atoms with E-state index in [1.165, 1.54) is 12.8 Å². The van der Waals surface area contributed by atoms with Crippen LogP contribution >= 0.6 is 0 Å². The summed E-state index contributed by atoms with van der Waals surface area (Å²) in [6.07, 6.45) is 2.42. The molecule has 0 aliphatic heterocycles. The van der Waals surface area contributed by atoms with Crippen LogP contribution in [0.2, 0.25) is 0 Å². The lowest BCUT2D eigenvalue weighted by molar-refractivity contribution is 0.946. The number of aryl methyl sites for hydroxylation is 1. The van der Waals surface area contributed by atoms with Gasteiger partial charge in [-0.3, -0.25) is 0 Å². The predicted molar refractivity (Wildman–Crippen MR) is 43.5 cm³/mol. The van der Waals surface area contributed by atoms with Crippen LogP contribution in [0, 0.1) is 18.3 Å². The SMILES string of the molecule is Cc1cc(C2CC2)nc(C#N)n1. The average Bonchev–Trinajstić information content (AvgIpc) is 2.85. The Balaban J connectivity index is 2.43. The molecule has 0 N–H and O–H groups in total. The van der Waals surface area contributed by atoms with Gasteiger partial charge in [0.2, 0.25) is 5.82 Å². The Morgan fingerprint density at radius 2 is 2.25 bits per heavy atom. The van der Waals surface area contributed by atoms with Gasteiger partial charge >= 0.3 is 0 Å². The molecule has 0 radical (unpaired) electrons. The van der Waals surface area contributed by atoms with Crippen LogP contribution in [0.25, 0.3) is 0 Å². The van der Waals surface area contributed by atoms with Gasteiger partial charge in [0, 0.05) is 17.3 Å². The summed E-state index contributed by atoms with van der Waals surface area (Å²) in [7, 11) is 0. The summed E-state index contributed by atoms with van der Waals surface area (Å²) in [5, 5.41) is 8.61. The third kappa shape index (κ3) is 1.28. The minimum atomic E-state index is 0.303. The molecule has 1 aromatic heterocycles. The lowest BCUT2D eigenvalue weighted by atomic mass is 10.2. The highest BCUT2D eigenvalue weighted by atomic mass is 14.9. The topological polar surface area (TPSA) is 49.6 Å². The van der Waals surface area contributed by atoms with E-state index < -0.39 is 0 Å². The maximum Gasteiger partial charge on any atom is 0.232 e. The summed E-state index contributed by atoms with van der Waals surface area (Å²) in [4.78, 5) is 8.13. The fraction of sp³-hybridized carbons (Fsp3) is 0.444. The Labute approximate surface area is 71.1 Å². The summed E-state index contributed by atoms with van der Waals surface area (Å²) in [6.45, 7) is 1.90. The minimum Gasteiger partial charge on any atom is -0.224 e. The van der Waals surface area contributed by atoms with E-state index in [1.807, 2.05) is 19.1 Å². The van der Waals surface area contributed by atoms with Crippen molar-refractivity contribution in [3.05, 3.63) is 23.3 Å². The van der Waals surface area contributed by atoms with E-state index in [2.05, 4.69) is 9.97 Å². The van der Waals surface area contributed by atoms with Crippen molar-refractivity contribution >= 4 is 0 Å². The van der Waals surface area contributed by atoms with Crippen molar-refractivity contribution in [3.63, 3.8) is 0 Å². The van der Waals surface area contributed by atoms with E-state index in [1.54, 1.807) is 0 Å². The third-order valence-corrected chi connectivity index (χ3v) is 1.97. The van der Waals surface area contributed by atoms with E-state index in [0.717, 1.165) is 11.4 Å². The highest BCUT2D eigenvalue weighted by Crippen LogP contribution is 2.38. The van der Waals surface area contributed by atoms with E-state index in [9.17, 15) is 0 Å². The number of rotatable bonds is 1. The zero-order valence-corrected chi connectivity index (χ0v) is 6.91. The molecular weight excluding hydrogens is 150 g/mol. The maximum absolute atomic E-state index is 8.61. The summed E-state index contributed by atoms with van der Waals surface area (Å²) in [6, 6.07) is 3.94. The third-order valence-electron chi connectivity index (χ3n) is 1.97. The van der Waals surface area contributed by atoms with E-state index in [4.69, 9.17) is 5.26 Å². The van der Waals surface area contributed by atoms with Crippen LogP contribution in [0.4, 0.5) is 0 Å². The highest BCUT2D eigenvalue weighted by molar-refractivity contribution is 5.22. The molecule has 0 bridgehead atoms. The van der Waals surface area contributed by atoms with Crippen LogP contribution < -0.4 is 0 Å². The molecule has 12 heavy (non-hydrogen) atoms.